The molecule has 0 radical (unpaired) electrons. The Morgan fingerprint density at radius 1 is 1.03 bits per heavy atom. The molecule has 0 aliphatic carbocycles. The van der Waals surface area contributed by atoms with Crippen molar-refractivity contribution < 1.29 is 14.3 Å². The van der Waals surface area contributed by atoms with Crippen LogP contribution < -0.4 is 15.2 Å². The number of hydrazone groups is 1. The van der Waals surface area contributed by atoms with Gasteiger partial charge in [-0.3, -0.25) is 9.80 Å². The summed E-state index contributed by atoms with van der Waals surface area (Å²) >= 11 is 0. The Hall–Kier alpha value is -3.39. The first-order chi connectivity index (χ1) is 16.1. The number of rotatable bonds is 7. The second-order valence-electron chi connectivity index (χ2n) is 8.30. The van der Waals surface area contributed by atoms with Crippen molar-refractivity contribution in [2.24, 2.45) is 5.10 Å². The minimum atomic E-state index is -0.609. The van der Waals surface area contributed by atoms with E-state index < -0.39 is 12.0 Å². The summed E-state index contributed by atoms with van der Waals surface area (Å²) in [5, 5.41) is 9.13. The van der Waals surface area contributed by atoms with Gasteiger partial charge < -0.3 is 19.9 Å². The second-order valence-corrected chi connectivity index (χ2v) is 8.30. The van der Waals surface area contributed by atoms with E-state index in [2.05, 4.69) is 39.4 Å². The molecule has 8 nitrogen and oxygen atoms in total. The highest BCUT2D eigenvalue weighted by Crippen LogP contribution is 2.26. The smallest absolute Gasteiger partial charge is 0.354 e. The number of benzene rings is 2. The normalized spacial score (nSPS) is 18.7. The summed E-state index contributed by atoms with van der Waals surface area (Å²) in [7, 11) is 2.14. The maximum Gasteiger partial charge on any atom is 0.354 e. The summed E-state index contributed by atoms with van der Waals surface area (Å²) in [6, 6.07) is 17.0. The highest BCUT2D eigenvalue weighted by molar-refractivity contribution is 6.38. The van der Waals surface area contributed by atoms with Crippen LogP contribution in [0.2, 0.25) is 0 Å². The molecule has 1 saturated heterocycles. The van der Waals surface area contributed by atoms with E-state index in [1.165, 1.54) is 0 Å². The fraction of sp³-hybridized carbons (Fsp3) is 0.400. The first-order valence-corrected chi connectivity index (χ1v) is 11.4. The zero-order valence-electron chi connectivity index (χ0n) is 19.2. The molecule has 0 bridgehead atoms. The molecule has 2 aliphatic heterocycles. The molecule has 2 heterocycles. The minimum absolute atomic E-state index is 0.171. The average Bonchev–Trinajstić information content (AvgIpc) is 3.30. The van der Waals surface area contributed by atoms with Gasteiger partial charge in [-0.2, -0.15) is 5.10 Å². The van der Waals surface area contributed by atoms with E-state index in [1.807, 2.05) is 42.5 Å². The lowest BCUT2D eigenvalue weighted by Gasteiger charge is -2.35. The Labute approximate surface area is 194 Å². The molecule has 2 aliphatic rings. The third kappa shape index (κ3) is 5.34. The van der Waals surface area contributed by atoms with Gasteiger partial charge in [-0.15, -0.1) is 0 Å². The average molecular weight is 450 g/mol. The molecule has 174 valence electrons. The molecule has 1 amide bonds. The number of nitrogens with zero attached hydrogens (tertiary/aromatic N) is 4. The molecular weight excluding hydrogens is 418 g/mol. The molecule has 0 aromatic heterocycles. The monoisotopic (exact) mass is 449 g/mol. The van der Waals surface area contributed by atoms with Crippen LogP contribution in [0.15, 0.2) is 59.7 Å². The van der Waals surface area contributed by atoms with Gasteiger partial charge in [-0.05, 0) is 37.7 Å². The van der Waals surface area contributed by atoms with Crippen LogP contribution in [0.3, 0.4) is 0 Å². The first kappa shape index (κ1) is 22.8. The molecule has 0 saturated carbocycles. The van der Waals surface area contributed by atoms with Crippen LogP contribution in [-0.4, -0.2) is 68.4 Å². The van der Waals surface area contributed by atoms with E-state index >= 15 is 0 Å². The molecule has 1 atom stereocenters. The first-order valence-electron chi connectivity index (χ1n) is 11.4. The lowest BCUT2D eigenvalue weighted by atomic mass is 10.1. The van der Waals surface area contributed by atoms with Crippen LogP contribution >= 0.6 is 0 Å². The number of nitrogens with one attached hydrogen (secondary N) is 1. The number of amides is 1. The Morgan fingerprint density at radius 2 is 1.73 bits per heavy atom. The Morgan fingerprint density at radius 3 is 2.45 bits per heavy atom. The number of carbonyl (C=O) groups excluding carboxylic acids is 2. The summed E-state index contributed by atoms with van der Waals surface area (Å²) < 4.78 is 5.12. The lowest BCUT2D eigenvalue weighted by molar-refractivity contribution is -0.135. The van der Waals surface area contributed by atoms with Crippen molar-refractivity contribution in [1.29, 1.82) is 0 Å². The highest BCUT2D eigenvalue weighted by Gasteiger charge is 2.36. The largest absolute Gasteiger partial charge is 0.461 e. The second kappa shape index (κ2) is 10.5. The molecule has 2 aromatic carbocycles. The van der Waals surface area contributed by atoms with Gasteiger partial charge in [0.2, 0.25) is 5.91 Å². The number of anilines is 2. The minimum Gasteiger partial charge on any atom is -0.461 e. The maximum absolute atomic E-state index is 13.3. The zero-order chi connectivity index (χ0) is 23.2. The van der Waals surface area contributed by atoms with E-state index in [0.717, 1.165) is 43.1 Å². The van der Waals surface area contributed by atoms with Crippen molar-refractivity contribution in [3.63, 3.8) is 0 Å². The van der Waals surface area contributed by atoms with Crippen molar-refractivity contribution >= 4 is 29.0 Å². The van der Waals surface area contributed by atoms with E-state index in [1.54, 1.807) is 11.9 Å². The third-order valence-electron chi connectivity index (χ3n) is 6.03. The van der Waals surface area contributed by atoms with Crippen molar-refractivity contribution in [3.8, 4) is 0 Å². The number of para-hydroxylation sites is 2. The highest BCUT2D eigenvalue weighted by atomic mass is 16.5. The van der Waals surface area contributed by atoms with Crippen LogP contribution in [0.5, 0.6) is 0 Å². The van der Waals surface area contributed by atoms with Crippen LogP contribution in [0, 0.1) is 0 Å². The third-order valence-corrected chi connectivity index (χ3v) is 6.03. The van der Waals surface area contributed by atoms with E-state index in [0.29, 0.717) is 6.54 Å². The van der Waals surface area contributed by atoms with Crippen molar-refractivity contribution in [1.82, 2.24) is 10.2 Å². The number of hydrogen-bond acceptors (Lipinski definition) is 7. The summed E-state index contributed by atoms with van der Waals surface area (Å²) in [6.07, 6.45) is 0.208. The van der Waals surface area contributed by atoms with Gasteiger partial charge in [-0.1, -0.05) is 36.4 Å². The number of ether oxygens (including phenoxy) is 1. The fourth-order valence-electron chi connectivity index (χ4n) is 4.19. The lowest BCUT2D eigenvalue weighted by Crippen LogP contribution is -2.45. The van der Waals surface area contributed by atoms with Gasteiger partial charge in [0, 0.05) is 44.8 Å². The van der Waals surface area contributed by atoms with Gasteiger partial charge >= 0.3 is 5.97 Å². The number of likely N-dealkylation sites (N-methyl/N-ethyl adjacent to an activating group) is 1. The standard InChI is InChI=1S/C25H31N5O3/c1-3-33-25(32)21-17-23(30(27-21)20-10-5-4-6-11-20)24(31)26-18-19-9-7-8-12-22(19)29-15-13-28(2)14-16-29/h4-12,23H,3,13-18H2,1-2H3,(H,26,31). The number of carbonyl (C=O) groups is 2. The topological polar surface area (TPSA) is 77.5 Å². The van der Waals surface area contributed by atoms with Gasteiger partial charge in [0.25, 0.3) is 0 Å². The van der Waals surface area contributed by atoms with Crippen molar-refractivity contribution in [2.75, 3.05) is 49.7 Å². The molecule has 4 rings (SSSR count). The van der Waals surface area contributed by atoms with Crippen LogP contribution in [0.25, 0.3) is 0 Å². The molecule has 8 heteroatoms. The summed E-state index contributed by atoms with van der Waals surface area (Å²) in [6.45, 7) is 6.39. The zero-order valence-corrected chi connectivity index (χ0v) is 19.2. The van der Waals surface area contributed by atoms with Gasteiger partial charge in [0.1, 0.15) is 11.8 Å². The Balaban J connectivity index is 1.47. The molecular formula is C25H31N5O3. The Bertz CT molecular complexity index is 1000. The van der Waals surface area contributed by atoms with Gasteiger partial charge in [-0.25, -0.2) is 4.79 Å². The molecule has 33 heavy (non-hydrogen) atoms. The van der Waals surface area contributed by atoms with Gasteiger partial charge in [0.05, 0.1) is 12.3 Å². The number of esters is 1. The fourth-order valence-corrected chi connectivity index (χ4v) is 4.19. The van der Waals surface area contributed by atoms with Crippen molar-refractivity contribution in [2.45, 2.75) is 25.9 Å². The van der Waals surface area contributed by atoms with Crippen molar-refractivity contribution in [3.05, 3.63) is 60.2 Å². The summed E-state index contributed by atoms with van der Waals surface area (Å²) in [5.41, 5.74) is 3.25. The van der Waals surface area contributed by atoms with Crippen LogP contribution in [0.4, 0.5) is 11.4 Å². The molecule has 1 N–H and O–H groups in total. The number of hydrogen-bond donors (Lipinski definition) is 1. The van der Waals surface area contributed by atoms with E-state index in [9.17, 15) is 9.59 Å². The Kier molecular flexibility index (Phi) is 7.24. The summed E-state index contributed by atoms with van der Waals surface area (Å²) in [4.78, 5) is 30.2. The van der Waals surface area contributed by atoms with E-state index in [4.69, 9.17) is 4.74 Å². The number of piperazine rings is 1. The summed E-state index contributed by atoms with van der Waals surface area (Å²) in [5.74, 6) is -0.649. The predicted molar refractivity (Wildman–Crippen MR) is 129 cm³/mol. The SMILES string of the molecule is CCOC(=O)C1=NN(c2ccccc2)C(C(=O)NCc2ccccc2N2CCN(C)CC2)C1. The van der Waals surface area contributed by atoms with Crippen LogP contribution in [0.1, 0.15) is 18.9 Å². The molecule has 1 fully saturated rings. The quantitative estimate of drug-likeness (QED) is 0.654. The van der Waals surface area contributed by atoms with E-state index in [-0.39, 0.29) is 24.6 Å². The predicted octanol–water partition coefficient (Wildman–Crippen LogP) is 2.25. The van der Waals surface area contributed by atoms with Crippen LogP contribution in [-0.2, 0) is 20.9 Å². The molecule has 2 aromatic rings. The van der Waals surface area contributed by atoms with Gasteiger partial charge in [0.15, 0.2) is 0 Å². The molecule has 1 unspecified atom stereocenters. The maximum atomic E-state index is 13.3. The molecule has 0 spiro atoms.